The number of ether oxygens (including phenoxy) is 1. The van der Waals surface area contributed by atoms with E-state index in [0.717, 1.165) is 37.6 Å². The molecule has 3 N–H and O–H groups in total. The van der Waals surface area contributed by atoms with Crippen molar-refractivity contribution < 1.29 is 14.3 Å². The lowest BCUT2D eigenvalue weighted by Crippen LogP contribution is -2.37. The van der Waals surface area contributed by atoms with E-state index in [1.165, 1.54) is 0 Å². The van der Waals surface area contributed by atoms with Crippen molar-refractivity contribution in [3.63, 3.8) is 0 Å². The molecule has 0 atom stereocenters. The van der Waals surface area contributed by atoms with Gasteiger partial charge >= 0.3 is 6.03 Å². The molecule has 2 aromatic rings. The Morgan fingerprint density at radius 2 is 1.78 bits per heavy atom. The van der Waals surface area contributed by atoms with Crippen LogP contribution < -0.4 is 16.0 Å². The number of nitrogens with two attached hydrogens (primary N) is 1. The van der Waals surface area contributed by atoms with Gasteiger partial charge in [0.2, 0.25) is 0 Å². The third kappa shape index (κ3) is 4.77. The molecule has 1 heterocycles. The number of primary amides is 1. The van der Waals surface area contributed by atoms with Crippen LogP contribution in [0.1, 0.15) is 15.9 Å². The summed E-state index contributed by atoms with van der Waals surface area (Å²) in [6.07, 6.45) is 0. The van der Waals surface area contributed by atoms with Crippen molar-refractivity contribution >= 4 is 23.3 Å². The zero-order valence-corrected chi connectivity index (χ0v) is 15.4. The van der Waals surface area contributed by atoms with E-state index in [1.54, 1.807) is 36.2 Å². The summed E-state index contributed by atoms with van der Waals surface area (Å²) in [6.45, 7) is 3.64. The number of hydrogen-bond donors (Lipinski definition) is 2. The fourth-order valence-electron chi connectivity index (χ4n) is 3.14. The predicted octanol–water partition coefficient (Wildman–Crippen LogP) is 2.29. The molecule has 3 amide bonds. The second kappa shape index (κ2) is 8.55. The van der Waals surface area contributed by atoms with Gasteiger partial charge in [-0.2, -0.15) is 0 Å². The first kappa shape index (κ1) is 18.7. The Morgan fingerprint density at radius 1 is 1.11 bits per heavy atom. The van der Waals surface area contributed by atoms with Crippen molar-refractivity contribution in [1.29, 1.82) is 0 Å². The summed E-state index contributed by atoms with van der Waals surface area (Å²) in [7, 11) is 1.79. The molecule has 0 saturated carbocycles. The van der Waals surface area contributed by atoms with Gasteiger partial charge in [-0.15, -0.1) is 0 Å². The quantitative estimate of drug-likeness (QED) is 0.848. The maximum absolute atomic E-state index is 12.8. The van der Waals surface area contributed by atoms with E-state index in [9.17, 15) is 9.59 Å². The maximum Gasteiger partial charge on any atom is 0.316 e. The molecule has 0 radical (unpaired) electrons. The summed E-state index contributed by atoms with van der Waals surface area (Å²) in [5, 5.41) is 2.48. The van der Waals surface area contributed by atoms with E-state index in [1.807, 2.05) is 12.1 Å². The van der Waals surface area contributed by atoms with Gasteiger partial charge in [0.05, 0.1) is 13.2 Å². The number of nitrogens with one attached hydrogen (secondary N) is 1. The third-order valence-corrected chi connectivity index (χ3v) is 4.50. The van der Waals surface area contributed by atoms with Gasteiger partial charge in [-0.1, -0.05) is 18.2 Å². The zero-order valence-electron chi connectivity index (χ0n) is 15.4. The van der Waals surface area contributed by atoms with Crippen molar-refractivity contribution in [2.45, 2.75) is 6.54 Å². The Morgan fingerprint density at radius 3 is 2.44 bits per heavy atom. The lowest BCUT2D eigenvalue weighted by Gasteiger charge is -2.31. The van der Waals surface area contributed by atoms with Crippen molar-refractivity contribution in [2.75, 3.05) is 43.6 Å². The maximum atomic E-state index is 12.8. The number of rotatable bonds is 5. The first-order chi connectivity index (χ1) is 13.0. The van der Waals surface area contributed by atoms with E-state index >= 15 is 0 Å². The van der Waals surface area contributed by atoms with Gasteiger partial charge in [0.15, 0.2) is 0 Å². The van der Waals surface area contributed by atoms with Crippen LogP contribution in [0.5, 0.6) is 0 Å². The summed E-state index contributed by atoms with van der Waals surface area (Å²) in [6, 6.07) is 14.2. The highest BCUT2D eigenvalue weighted by atomic mass is 16.5. The molecule has 1 aliphatic heterocycles. The van der Waals surface area contributed by atoms with Crippen molar-refractivity contribution in [3.8, 4) is 0 Å². The second-order valence-electron chi connectivity index (χ2n) is 6.46. The molecular formula is C20H24N4O3. The van der Waals surface area contributed by atoms with Gasteiger partial charge in [0.25, 0.3) is 5.91 Å². The lowest BCUT2D eigenvalue weighted by atomic mass is 10.1. The number of hydrogen-bond acceptors (Lipinski definition) is 4. The number of nitrogens with zero attached hydrogens (tertiary/aromatic N) is 2. The largest absolute Gasteiger partial charge is 0.378 e. The Hall–Kier alpha value is -3.06. The van der Waals surface area contributed by atoms with Crippen molar-refractivity contribution in [3.05, 3.63) is 59.7 Å². The van der Waals surface area contributed by atoms with Crippen LogP contribution in [-0.2, 0) is 11.3 Å². The topological polar surface area (TPSA) is 87.9 Å². The normalized spacial score (nSPS) is 13.9. The van der Waals surface area contributed by atoms with Crippen LogP contribution in [0.15, 0.2) is 48.5 Å². The summed E-state index contributed by atoms with van der Waals surface area (Å²) < 4.78 is 5.43. The zero-order chi connectivity index (χ0) is 19.2. The standard InChI is InChI=1S/C20H24N4O3/c1-23(19(25)15-6-8-17(9-7-15)22-20(21)26)14-16-4-2-3-5-18(16)24-10-12-27-13-11-24/h2-9H,10-14H2,1H3,(H3,21,22,26). The summed E-state index contributed by atoms with van der Waals surface area (Å²) >= 11 is 0. The summed E-state index contributed by atoms with van der Waals surface area (Å²) in [5.74, 6) is -0.0857. The highest BCUT2D eigenvalue weighted by Gasteiger charge is 2.18. The van der Waals surface area contributed by atoms with E-state index in [2.05, 4.69) is 22.3 Å². The van der Waals surface area contributed by atoms with Gasteiger partial charge in [0.1, 0.15) is 0 Å². The first-order valence-electron chi connectivity index (χ1n) is 8.87. The average molecular weight is 368 g/mol. The van der Waals surface area contributed by atoms with Crippen LogP contribution in [0.3, 0.4) is 0 Å². The molecule has 0 unspecified atom stereocenters. The van der Waals surface area contributed by atoms with Crippen LogP contribution in [-0.4, -0.2) is 50.2 Å². The molecule has 7 heteroatoms. The molecule has 3 rings (SSSR count). The Balaban J connectivity index is 1.70. The van der Waals surface area contributed by atoms with Crippen molar-refractivity contribution in [1.82, 2.24) is 4.90 Å². The van der Waals surface area contributed by atoms with Crippen LogP contribution in [0.4, 0.5) is 16.2 Å². The molecule has 1 saturated heterocycles. The molecule has 142 valence electrons. The first-order valence-corrected chi connectivity index (χ1v) is 8.87. The fourth-order valence-corrected chi connectivity index (χ4v) is 3.14. The number of carbonyl (C=O) groups is 2. The molecule has 27 heavy (non-hydrogen) atoms. The number of carbonyl (C=O) groups excluding carboxylic acids is 2. The minimum absolute atomic E-state index is 0.0857. The smallest absolute Gasteiger partial charge is 0.316 e. The molecule has 0 aliphatic carbocycles. The fraction of sp³-hybridized carbons (Fsp3) is 0.300. The van der Waals surface area contributed by atoms with Crippen LogP contribution in [0.25, 0.3) is 0 Å². The minimum atomic E-state index is -0.633. The molecular weight excluding hydrogens is 344 g/mol. The Kier molecular flexibility index (Phi) is 5.93. The van der Waals surface area contributed by atoms with E-state index < -0.39 is 6.03 Å². The average Bonchev–Trinajstić information content (AvgIpc) is 2.68. The van der Waals surface area contributed by atoms with Gasteiger partial charge < -0.3 is 25.6 Å². The number of anilines is 2. The molecule has 1 aliphatic rings. The highest BCUT2D eigenvalue weighted by Crippen LogP contribution is 2.23. The molecule has 7 nitrogen and oxygen atoms in total. The molecule has 0 spiro atoms. The number of morpholine rings is 1. The molecule has 0 aromatic heterocycles. The van der Waals surface area contributed by atoms with Gasteiger partial charge in [-0.3, -0.25) is 4.79 Å². The number of para-hydroxylation sites is 1. The molecule has 0 bridgehead atoms. The monoisotopic (exact) mass is 368 g/mol. The van der Waals surface area contributed by atoms with Gasteiger partial charge in [-0.05, 0) is 35.9 Å². The third-order valence-electron chi connectivity index (χ3n) is 4.50. The SMILES string of the molecule is CN(Cc1ccccc1N1CCOCC1)C(=O)c1ccc(NC(N)=O)cc1. The Bertz CT molecular complexity index is 801. The Labute approximate surface area is 158 Å². The number of urea groups is 1. The molecule has 1 fully saturated rings. The van der Waals surface area contributed by atoms with Gasteiger partial charge in [-0.25, -0.2) is 4.79 Å². The number of benzene rings is 2. The summed E-state index contributed by atoms with van der Waals surface area (Å²) in [5.41, 5.74) is 8.44. The number of amides is 3. The van der Waals surface area contributed by atoms with E-state index in [0.29, 0.717) is 17.8 Å². The predicted molar refractivity (Wildman–Crippen MR) is 105 cm³/mol. The van der Waals surface area contributed by atoms with Crippen molar-refractivity contribution in [2.24, 2.45) is 5.73 Å². The highest BCUT2D eigenvalue weighted by molar-refractivity contribution is 5.95. The van der Waals surface area contributed by atoms with E-state index in [-0.39, 0.29) is 5.91 Å². The van der Waals surface area contributed by atoms with Crippen LogP contribution in [0, 0.1) is 0 Å². The van der Waals surface area contributed by atoms with Crippen LogP contribution in [0.2, 0.25) is 0 Å². The molecule has 2 aromatic carbocycles. The van der Waals surface area contributed by atoms with E-state index in [4.69, 9.17) is 10.5 Å². The minimum Gasteiger partial charge on any atom is -0.378 e. The van der Waals surface area contributed by atoms with Crippen LogP contribution >= 0.6 is 0 Å². The lowest BCUT2D eigenvalue weighted by molar-refractivity contribution is 0.0785. The summed E-state index contributed by atoms with van der Waals surface area (Å²) in [4.78, 5) is 27.6. The van der Waals surface area contributed by atoms with Gasteiger partial charge in [0, 0.05) is 43.6 Å². The second-order valence-corrected chi connectivity index (χ2v) is 6.46.